The molecule has 1 saturated carbocycles. The van der Waals surface area contributed by atoms with E-state index < -0.39 is 0 Å². The third-order valence-corrected chi connectivity index (χ3v) is 4.35. The highest BCUT2D eigenvalue weighted by atomic mass is 32.1. The molecule has 0 aromatic carbocycles. The van der Waals surface area contributed by atoms with Crippen LogP contribution in [0.1, 0.15) is 18.5 Å². The van der Waals surface area contributed by atoms with Gasteiger partial charge in [-0.1, -0.05) is 4.49 Å². The summed E-state index contributed by atoms with van der Waals surface area (Å²) in [4.78, 5) is 4.85. The molecule has 6 heteroatoms. The van der Waals surface area contributed by atoms with Crippen molar-refractivity contribution in [2.75, 3.05) is 39.8 Å². The average molecular weight is 282 g/mol. The molecule has 1 saturated heterocycles. The fraction of sp³-hybridized carbons (Fsp3) is 0.846. The maximum Gasteiger partial charge on any atom is 0.0895 e. The molecule has 5 nitrogen and oxygen atoms in total. The van der Waals surface area contributed by atoms with Crippen molar-refractivity contribution in [3.63, 3.8) is 0 Å². The SMILES string of the molecule is CN(CC1CC1)CC1CN(Cc2csnn2)CCO1. The van der Waals surface area contributed by atoms with Crippen LogP contribution in [-0.2, 0) is 11.3 Å². The van der Waals surface area contributed by atoms with Crippen LogP contribution in [0, 0.1) is 5.92 Å². The lowest BCUT2D eigenvalue weighted by Gasteiger charge is -2.34. The first-order valence-corrected chi connectivity index (χ1v) is 7.91. The molecule has 19 heavy (non-hydrogen) atoms. The van der Waals surface area contributed by atoms with Gasteiger partial charge in [0.05, 0.1) is 18.4 Å². The van der Waals surface area contributed by atoms with Crippen molar-refractivity contribution >= 4 is 11.5 Å². The van der Waals surface area contributed by atoms with E-state index in [0.29, 0.717) is 6.10 Å². The minimum absolute atomic E-state index is 0.337. The highest BCUT2D eigenvalue weighted by Crippen LogP contribution is 2.29. The first-order valence-electron chi connectivity index (χ1n) is 7.08. The van der Waals surface area contributed by atoms with Gasteiger partial charge in [0, 0.05) is 38.1 Å². The number of nitrogens with zero attached hydrogens (tertiary/aromatic N) is 4. The molecule has 0 amide bonds. The lowest BCUT2D eigenvalue weighted by atomic mass is 10.2. The Hall–Kier alpha value is -0.560. The number of ether oxygens (including phenoxy) is 1. The van der Waals surface area contributed by atoms with Crippen LogP contribution in [0.15, 0.2) is 5.38 Å². The van der Waals surface area contributed by atoms with Crippen molar-refractivity contribution in [1.29, 1.82) is 0 Å². The summed E-state index contributed by atoms with van der Waals surface area (Å²) in [7, 11) is 2.21. The van der Waals surface area contributed by atoms with E-state index in [1.807, 2.05) is 5.38 Å². The Balaban J connectivity index is 1.44. The van der Waals surface area contributed by atoms with Crippen LogP contribution in [0.2, 0.25) is 0 Å². The highest BCUT2D eigenvalue weighted by Gasteiger charge is 2.26. The molecule has 2 heterocycles. The van der Waals surface area contributed by atoms with E-state index in [-0.39, 0.29) is 0 Å². The Morgan fingerprint density at radius 1 is 1.47 bits per heavy atom. The van der Waals surface area contributed by atoms with E-state index in [2.05, 4.69) is 26.4 Å². The number of likely N-dealkylation sites (N-methyl/N-ethyl adjacent to an activating group) is 1. The molecular weight excluding hydrogens is 260 g/mol. The molecule has 0 radical (unpaired) electrons. The first kappa shape index (κ1) is 13.4. The average Bonchev–Trinajstić information content (AvgIpc) is 3.04. The van der Waals surface area contributed by atoms with Gasteiger partial charge in [0.25, 0.3) is 0 Å². The zero-order valence-corrected chi connectivity index (χ0v) is 12.3. The summed E-state index contributed by atoms with van der Waals surface area (Å²) in [6.07, 6.45) is 3.17. The Morgan fingerprint density at radius 2 is 2.37 bits per heavy atom. The zero-order valence-electron chi connectivity index (χ0n) is 11.5. The van der Waals surface area contributed by atoms with E-state index in [0.717, 1.165) is 44.4 Å². The van der Waals surface area contributed by atoms with Gasteiger partial charge in [-0.25, -0.2) is 0 Å². The van der Waals surface area contributed by atoms with Crippen molar-refractivity contribution in [3.05, 3.63) is 11.1 Å². The summed E-state index contributed by atoms with van der Waals surface area (Å²) in [6.45, 7) is 6.02. The molecule has 3 rings (SSSR count). The van der Waals surface area contributed by atoms with Crippen molar-refractivity contribution < 1.29 is 4.74 Å². The molecule has 106 valence electrons. The van der Waals surface area contributed by atoms with E-state index in [1.165, 1.54) is 30.9 Å². The largest absolute Gasteiger partial charge is 0.374 e. The molecule has 0 N–H and O–H groups in total. The van der Waals surface area contributed by atoms with E-state index in [1.54, 1.807) is 0 Å². The van der Waals surface area contributed by atoms with Crippen LogP contribution >= 0.6 is 11.5 Å². The van der Waals surface area contributed by atoms with Crippen molar-refractivity contribution in [1.82, 2.24) is 19.4 Å². The maximum absolute atomic E-state index is 5.88. The van der Waals surface area contributed by atoms with E-state index in [9.17, 15) is 0 Å². The van der Waals surface area contributed by atoms with Gasteiger partial charge >= 0.3 is 0 Å². The molecule has 1 unspecified atom stereocenters. The second-order valence-corrected chi connectivity index (χ2v) is 6.40. The quantitative estimate of drug-likeness (QED) is 0.781. The second-order valence-electron chi connectivity index (χ2n) is 5.79. The van der Waals surface area contributed by atoms with Crippen LogP contribution in [-0.4, -0.2) is 65.3 Å². The van der Waals surface area contributed by atoms with Crippen LogP contribution < -0.4 is 0 Å². The summed E-state index contributed by atoms with van der Waals surface area (Å²) < 4.78 is 9.80. The molecule has 1 aliphatic heterocycles. The summed E-state index contributed by atoms with van der Waals surface area (Å²) >= 11 is 1.43. The number of hydrogen-bond donors (Lipinski definition) is 0. The predicted molar refractivity (Wildman–Crippen MR) is 75.1 cm³/mol. The Morgan fingerprint density at radius 3 is 3.11 bits per heavy atom. The van der Waals surface area contributed by atoms with Crippen LogP contribution in [0.25, 0.3) is 0 Å². The molecule has 2 fully saturated rings. The van der Waals surface area contributed by atoms with Crippen molar-refractivity contribution in [2.24, 2.45) is 5.92 Å². The van der Waals surface area contributed by atoms with Gasteiger partial charge in [-0.05, 0) is 37.3 Å². The number of hydrogen-bond acceptors (Lipinski definition) is 6. The van der Waals surface area contributed by atoms with Crippen LogP contribution in [0.4, 0.5) is 0 Å². The van der Waals surface area contributed by atoms with Gasteiger partial charge in [-0.2, -0.15) is 0 Å². The fourth-order valence-electron chi connectivity index (χ4n) is 2.68. The standard InChI is InChI=1S/C13H22N4OS/c1-16(6-11-2-3-11)8-13-9-17(4-5-18-13)7-12-10-19-15-14-12/h10-11,13H,2-9H2,1H3. The third kappa shape index (κ3) is 4.21. The fourth-order valence-corrected chi connectivity index (χ4v) is 3.12. The maximum atomic E-state index is 5.88. The van der Waals surface area contributed by atoms with Crippen LogP contribution in [0.3, 0.4) is 0 Å². The van der Waals surface area contributed by atoms with E-state index in [4.69, 9.17) is 4.74 Å². The molecule has 1 atom stereocenters. The molecule has 2 aliphatic rings. The molecule has 1 aromatic heterocycles. The lowest BCUT2D eigenvalue weighted by molar-refractivity contribution is -0.0437. The van der Waals surface area contributed by atoms with Gasteiger partial charge in [-0.3, -0.25) is 4.90 Å². The summed E-state index contributed by atoms with van der Waals surface area (Å²) in [5.74, 6) is 0.950. The zero-order chi connectivity index (χ0) is 13.1. The first-order chi connectivity index (χ1) is 9.29. The Kier molecular flexibility index (Phi) is 4.42. The van der Waals surface area contributed by atoms with Crippen LogP contribution in [0.5, 0.6) is 0 Å². The normalized spacial score (nSPS) is 25.1. The van der Waals surface area contributed by atoms with Gasteiger partial charge in [0.1, 0.15) is 0 Å². The molecule has 1 aromatic rings. The smallest absolute Gasteiger partial charge is 0.0895 e. The molecular formula is C13H22N4OS. The number of morpholine rings is 1. The predicted octanol–water partition coefficient (Wildman–Crippen LogP) is 1.08. The molecule has 1 aliphatic carbocycles. The summed E-state index contributed by atoms with van der Waals surface area (Å²) in [6, 6.07) is 0. The van der Waals surface area contributed by atoms with Gasteiger partial charge in [-0.15, -0.1) is 5.10 Å². The monoisotopic (exact) mass is 282 g/mol. The number of rotatable bonds is 6. The Bertz CT molecular complexity index is 382. The number of aromatic nitrogens is 2. The van der Waals surface area contributed by atoms with Crippen molar-refractivity contribution in [2.45, 2.75) is 25.5 Å². The molecule has 0 bridgehead atoms. The Labute approximate surface area is 118 Å². The van der Waals surface area contributed by atoms with Gasteiger partial charge in [0.2, 0.25) is 0 Å². The van der Waals surface area contributed by atoms with Gasteiger partial charge in [0.15, 0.2) is 0 Å². The molecule has 0 spiro atoms. The third-order valence-electron chi connectivity index (χ3n) is 3.80. The summed E-state index contributed by atoms with van der Waals surface area (Å²) in [5, 5.41) is 6.15. The van der Waals surface area contributed by atoms with Crippen molar-refractivity contribution in [3.8, 4) is 0 Å². The topological polar surface area (TPSA) is 41.5 Å². The van der Waals surface area contributed by atoms with E-state index >= 15 is 0 Å². The second kappa shape index (κ2) is 6.26. The highest BCUT2D eigenvalue weighted by molar-refractivity contribution is 7.03. The summed E-state index contributed by atoms with van der Waals surface area (Å²) in [5.41, 5.74) is 1.08. The van der Waals surface area contributed by atoms with Gasteiger partial charge < -0.3 is 9.64 Å². The minimum Gasteiger partial charge on any atom is -0.374 e. The minimum atomic E-state index is 0.337. The lowest BCUT2D eigenvalue weighted by Crippen LogP contribution is -2.46.